The SMILES string of the molecule is O=C1CN(c2ccc(NS(=O)(=O)c3ccc4c(c3)CCC4)cc2Cl)CCN1. The van der Waals surface area contributed by atoms with Crippen molar-refractivity contribution in [2.45, 2.75) is 24.2 Å². The number of piperazine rings is 1. The van der Waals surface area contributed by atoms with Crippen molar-refractivity contribution < 1.29 is 13.2 Å². The van der Waals surface area contributed by atoms with Gasteiger partial charge in [-0.1, -0.05) is 17.7 Å². The molecular weight excluding hydrogens is 386 g/mol. The van der Waals surface area contributed by atoms with Crippen LogP contribution in [0.1, 0.15) is 17.5 Å². The Hall–Kier alpha value is -2.25. The van der Waals surface area contributed by atoms with E-state index in [1.165, 1.54) is 5.56 Å². The summed E-state index contributed by atoms with van der Waals surface area (Å²) < 4.78 is 28.0. The molecule has 0 spiro atoms. The summed E-state index contributed by atoms with van der Waals surface area (Å²) in [5.74, 6) is -0.0568. The molecule has 0 aromatic heterocycles. The van der Waals surface area contributed by atoms with Gasteiger partial charge in [0.2, 0.25) is 5.91 Å². The summed E-state index contributed by atoms with van der Waals surface area (Å²) in [5, 5.41) is 3.17. The zero-order valence-corrected chi connectivity index (χ0v) is 16.2. The van der Waals surface area contributed by atoms with Crippen molar-refractivity contribution >= 4 is 38.9 Å². The molecule has 0 bridgehead atoms. The van der Waals surface area contributed by atoms with Crippen LogP contribution in [-0.4, -0.2) is 34.0 Å². The number of hydrogen-bond donors (Lipinski definition) is 2. The molecule has 142 valence electrons. The predicted octanol–water partition coefficient (Wildman–Crippen LogP) is 2.57. The second-order valence-corrected chi connectivity index (χ2v) is 8.92. The highest BCUT2D eigenvalue weighted by atomic mass is 35.5. The second-order valence-electron chi connectivity index (χ2n) is 6.83. The summed E-state index contributed by atoms with van der Waals surface area (Å²) in [4.78, 5) is 13.7. The van der Waals surface area contributed by atoms with E-state index in [4.69, 9.17) is 11.6 Å². The van der Waals surface area contributed by atoms with E-state index in [1.54, 1.807) is 30.3 Å². The van der Waals surface area contributed by atoms with Gasteiger partial charge < -0.3 is 10.2 Å². The molecule has 1 fully saturated rings. The van der Waals surface area contributed by atoms with Crippen molar-refractivity contribution in [3.8, 4) is 0 Å². The lowest BCUT2D eigenvalue weighted by atomic mass is 10.1. The molecule has 2 N–H and O–H groups in total. The van der Waals surface area contributed by atoms with Crippen LogP contribution in [0.25, 0.3) is 0 Å². The summed E-state index contributed by atoms with van der Waals surface area (Å²) >= 11 is 6.35. The van der Waals surface area contributed by atoms with E-state index in [2.05, 4.69) is 10.0 Å². The molecule has 0 unspecified atom stereocenters. The van der Waals surface area contributed by atoms with Crippen molar-refractivity contribution in [1.82, 2.24) is 5.32 Å². The molecule has 2 aromatic carbocycles. The van der Waals surface area contributed by atoms with Crippen molar-refractivity contribution in [2.75, 3.05) is 29.3 Å². The van der Waals surface area contributed by atoms with Gasteiger partial charge in [-0.05, 0) is 60.7 Å². The van der Waals surface area contributed by atoms with Crippen LogP contribution < -0.4 is 14.9 Å². The number of nitrogens with one attached hydrogen (secondary N) is 2. The Labute approximate surface area is 163 Å². The van der Waals surface area contributed by atoms with Crippen molar-refractivity contribution in [3.63, 3.8) is 0 Å². The molecule has 1 amide bonds. The van der Waals surface area contributed by atoms with Gasteiger partial charge in [-0.3, -0.25) is 9.52 Å². The Morgan fingerprint density at radius 2 is 1.89 bits per heavy atom. The highest BCUT2D eigenvalue weighted by molar-refractivity contribution is 7.92. The van der Waals surface area contributed by atoms with Crippen molar-refractivity contribution in [2.24, 2.45) is 0 Å². The van der Waals surface area contributed by atoms with E-state index in [-0.39, 0.29) is 17.3 Å². The van der Waals surface area contributed by atoms with E-state index in [9.17, 15) is 13.2 Å². The first-order valence-electron chi connectivity index (χ1n) is 8.88. The number of aryl methyl sites for hydroxylation is 2. The van der Waals surface area contributed by atoms with E-state index >= 15 is 0 Å². The minimum Gasteiger partial charge on any atom is -0.359 e. The molecular formula is C19H20ClN3O3S. The van der Waals surface area contributed by atoms with Gasteiger partial charge in [-0.25, -0.2) is 8.42 Å². The highest BCUT2D eigenvalue weighted by Gasteiger charge is 2.21. The van der Waals surface area contributed by atoms with Gasteiger partial charge >= 0.3 is 0 Å². The number of rotatable bonds is 4. The molecule has 2 aromatic rings. The molecule has 1 aliphatic heterocycles. The third-order valence-corrected chi connectivity index (χ3v) is 6.64. The summed E-state index contributed by atoms with van der Waals surface area (Å²) in [6.45, 7) is 1.45. The van der Waals surface area contributed by atoms with Gasteiger partial charge in [0.1, 0.15) is 0 Å². The quantitative estimate of drug-likeness (QED) is 0.819. The van der Waals surface area contributed by atoms with Gasteiger partial charge in [0.25, 0.3) is 10.0 Å². The molecule has 1 aliphatic carbocycles. The monoisotopic (exact) mass is 405 g/mol. The topological polar surface area (TPSA) is 78.5 Å². The minimum atomic E-state index is -3.68. The summed E-state index contributed by atoms with van der Waals surface area (Å²) in [5.41, 5.74) is 3.44. The summed E-state index contributed by atoms with van der Waals surface area (Å²) in [6.07, 6.45) is 3.00. The van der Waals surface area contributed by atoms with Crippen LogP contribution in [0, 0.1) is 0 Å². The molecule has 1 saturated heterocycles. The maximum Gasteiger partial charge on any atom is 0.261 e. The first-order chi connectivity index (χ1) is 12.9. The van der Waals surface area contributed by atoms with Crippen molar-refractivity contribution in [3.05, 3.63) is 52.5 Å². The lowest BCUT2D eigenvalue weighted by molar-refractivity contribution is -0.120. The van der Waals surface area contributed by atoms with Gasteiger partial charge in [0, 0.05) is 13.1 Å². The van der Waals surface area contributed by atoms with Crippen molar-refractivity contribution in [1.29, 1.82) is 0 Å². The normalized spacial score (nSPS) is 16.8. The van der Waals surface area contributed by atoms with E-state index in [0.717, 1.165) is 24.8 Å². The second kappa shape index (κ2) is 7.05. The van der Waals surface area contributed by atoms with Crippen LogP contribution in [0.5, 0.6) is 0 Å². The Balaban J connectivity index is 1.55. The van der Waals surface area contributed by atoms with Gasteiger partial charge in [0.15, 0.2) is 0 Å². The number of carbonyl (C=O) groups is 1. The number of benzene rings is 2. The zero-order chi connectivity index (χ0) is 19.0. The number of hydrogen-bond acceptors (Lipinski definition) is 4. The van der Waals surface area contributed by atoms with Gasteiger partial charge in [0.05, 0.1) is 27.8 Å². The molecule has 1 heterocycles. The fourth-order valence-corrected chi connectivity index (χ4v) is 5.00. The van der Waals surface area contributed by atoms with Crippen LogP contribution in [-0.2, 0) is 27.7 Å². The largest absolute Gasteiger partial charge is 0.359 e. The first kappa shape index (κ1) is 18.1. The van der Waals surface area contributed by atoms with Crippen LogP contribution in [0.2, 0.25) is 5.02 Å². The standard InChI is InChI=1S/C19H20ClN3O3S/c20-17-11-15(5-7-18(17)23-9-8-21-19(24)12-23)22-27(25,26)16-6-4-13-2-1-3-14(13)10-16/h4-7,10-11,22H,1-3,8-9,12H2,(H,21,24). The Kier molecular flexibility index (Phi) is 4.74. The smallest absolute Gasteiger partial charge is 0.261 e. The first-order valence-corrected chi connectivity index (χ1v) is 10.7. The number of anilines is 2. The molecule has 8 heteroatoms. The Bertz CT molecular complexity index is 1010. The molecule has 6 nitrogen and oxygen atoms in total. The number of fused-ring (bicyclic) bond motifs is 1. The highest BCUT2D eigenvalue weighted by Crippen LogP contribution is 2.31. The zero-order valence-electron chi connectivity index (χ0n) is 14.7. The maximum atomic E-state index is 12.7. The van der Waals surface area contributed by atoms with E-state index < -0.39 is 10.0 Å². The summed E-state index contributed by atoms with van der Waals surface area (Å²) in [6, 6.07) is 10.3. The number of carbonyl (C=O) groups excluding carboxylic acids is 1. The van der Waals surface area contributed by atoms with Crippen LogP contribution in [0.15, 0.2) is 41.3 Å². The lowest BCUT2D eigenvalue weighted by Gasteiger charge is -2.29. The third-order valence-electron chi connectivity index (χ3n) is 4.96. The van der Waals surface area contributed by atoms with E-state index in [1.807, 2.05) is 11.0 Å². The Morgan fingerprint density at radius 3 is 2.67 bits per heavy atom. The molecule has 0 radical (unpaired) electrons. The van der Waals surface area contributed by atoms with Gasteiger partial charge in [-0.15, -0.1) is 0 Å². The fourth-order valence-electron chi connectivity index (χ4n) is 3.60. The third kappa shape index (κ3) is 3.75. The van der Waals surface area contributed by atoms with E-state index in [0.29, 0.717) is 29.5 Å². The molecule has 4 rings (SSSR count). The van der Waals surface area contributed by atoms with Crippen LogP contribution >= 0.6 is 11.6 Å². The molecule has 0 atom stereocenters. The lowest BCUT2D eigenvalue weighted by Crippen LogP contribution is -2.47. The minimum absolute atomic E-state index is 0.0568. The Morgan fingerprint density at radius 1 is 1.07 bits per heavy atom. The maximum absolute atomic E-state index is 12.7. The van der Waals surface area contributed by atoms with Crippen LogP contribution in [0.3, 0.4) is 0 Å². The number of halogens is 1. The van der Waals surface area contributed by atoms with Gasteiger partial charge in [-0.2, -0.15) is 0 Å². The van der Waals surface area contributed by atoms with Crippen LogP contribution in [0.4, 0.5) is 11.4 Å². The molecule has 2 aliphatic rings. The average Bonchev–Trinajstić information content (AvgIpc) is 3.09. The number of nitrogens with zero attached hydrogens (tertiary/aromatic N) is 1. The predicted molar refractivity (Wildman–Crippen MR) is 106 cm³/mol. The molecule has 27 heavy (non-hydrogen) atoms. The summed E-state index contributed by atoms with van der Waals surface area (Å²) in [7, 11) is -3.68. The average molecular weight is 406 g/mol. The number of sulfonamides is 1. The number of amides is 1. The molecule has 0 saturated carbocycles. The fraction of sp³-hybridized carbons (Fsp3) is 0.316.